The van der Waals surface area contributed by atoms with E-state index in [1.54, 1.807) is 6.26 Å². The van der Waals surface area contributed by atoms with Crippen molar-refractivity contribution in [2.24, 2.45) is 5.92 Å². The van der Waals surface area contributed by atoms with Crippen LogP contribution in [0.15, 0.2) is 22.8 Å². The molecular formula is C13H21NO. The minimum absolute atomic E-state index is 0.346. The number of nitrogens with one attached hydrogen (secondary N) is 1. The molecule has 1 aliphatic carbocycles. The highest BCUT2D eigenvalue weighted by molar-refractivity contribution is 5.03. The second kappa shape index (κ2) is 4.84. The first-order valence-electron chi connectivity index (χ1n) is 6.05. The van der Waals surface area contributed by atoms with E-state index in [-0.39, 0.29) is 0 Å². The van der Waals surface area contributed by atoms with E-state index in [4.69, 9.17) is 4.42 Å². The van der Waals surface area contributed by atoms with Gasteiger partial charge in [-0.05, 0) is 50.7 Å². The van der Waals surface area contributed by atoms with E-state index >= 15 is 0 Å². The average Bonchev–Trinajstić information content (AvgIpc) is 2.74. The van der Waals surface area contributed by atoms with Crippen LogP contribution in [0, 0.1) is 5.92 Å². The van der Waals surface area contributed by atoms with Gasteiger partial charge in [-0.25, -0.2) is 0 Å². The van der Waals surface area contributed by atoms with Crippen LogP contribution < -0.4 is 5.32 Å². The highest BCUT2D eigenvalue weighted by Crippen LogP contribution is 2.25. The van der Waals surface area contributed by atoms with E-state index in [1.165, 1.54) is 25.7 Å². The molecule has 84 valence electrons. The number of rotatable bonds is 3. The summed E-state index contributed by atoms with van der Waals surface area (Å²) in [5.41, 5.74) is 0. The Hall–Kier alpha value is -0.760. The summed E-state index contributed by atoms with van der Waals surface area (Å²) >= 11 is 0. The summed E-state index contributed by atoms with van der Waals surface area (Å²) in [6.07, 6.45) is 7.10. The molecular weight excluding hydrogens is 186 g/mol. The van der Waals surface area contributed by atoms with Gasteiger partial charge in [0.25, 0.3) is 0 Å². The fourth-order valence-corrected chi connectivity index (χ4v) is 2.40. The molecule has 0 radical (unpaired) electrons. The summed E-state index contributed by atoms with van der Waals surface area (Å²) in [5.74, 6) is 1.97. The fourth-order valence-electron chi connectivity index (χ4n) is 2.40. The zero-order chi connectivity index (χ0) is 10.7. The first-order valence-corrected chi connectivity index (χ1v) is 6.05. The number of hydrogen-bond donors (Lipinski definition) is 1. The maximum Gasteiger partial charge on any atom is 0.120 e. The van der Waals surface area contributed by atoms with Gasteiger partial charge in [0.2, 0.25) is 0 Å². The minimum Gasteiger partial charge on any atom is -0.468 e. The summed E-state index contributed by atoms with van der Waals surface area (Å²) < 4.78 is 5.40. The molecule has 0 bridgehead atoms. The van der Waals surface area contributed by atoms with Crippen molar-refractivity contribution in [2.75, 3.05) is 0 Å². The van der Waals surface area contributed by atoms with E-state index in [2.05, 4.69) is 19.2 Å². The van der Waals surface area contributed by atoms with Crippen molar-refractivity contribution in [1.82, 2.24) is 5.32 Å². The molecule has 1 atom stereocenters. The van der Waals surface area contributed by atoms with Crippen LogP contribution in [-0.4, -0.2) is 6.04 Å². The summed E-state index contributed by atoms with van der Waals surface area (Å²) in [6.45, 7) is 4.53. The Bertz CT molecular complexity index is 273. The zero-order valence-electron chi connectivity index (χ0n) is 9.70. The highest BCUT2D eigenvalue weighted by Gasteiger charge is 2.20. The van der Waals surface area contributed by atoms with Crippen molar-refractivity contribution in [2.45, 2.75) is 51.6 Å². The molecule has 15 heavy (non-hydrogen) atoms. The van der Waals surface area contributed by atoms with E-state index < -0.39 is 0 Å². The smallest absolute Gasteiger partial charge is 0.120 e. The Morgan fingerprint density at radius 1 is 1.33 bits per heavy atom. The van der Waals surface area contributed by atoms with Gasteiger partial charge < -0.3 is 9.73 Å². The molecule has 1 fully saturated rings. The molecule has 1 aliphatic rings. The molecule has 2 heteroatoms. The van der Waals surface area contributed by atoms with Crippen molar-refractivity contribution in [3.8, 4) is 0 Å². The van der Waals surface area contributed by atoms with Crippen LogP contribution in [0.5, 0.6) is 0 Å². The molecule has 1 aromatic heterocycles. The molecule has 0 unspecified atom stereocenters. The minimum atomic E-state index is 0.346. The van der Waals surface area contributed by atoms with Crippen LogP contribution in [0.2, 0.25) is 0 Å². The molecule has 1 N–H and O–H groups in total. The maximum atomic E-state index is 5.40. The monoisotopic (exact) mass is 207 g/mol. The van der Waals surface area contributed by atoms with E-state index in [9.17, 15) is 0 Å². The molecule has 2 rings (SSSR count). The third kappa shape index (κ3) is 2.85. The Balaban J connectivity index is 1.82. The average molecular weight is 207 g/mol. The SMILES string of the molecule is CC1CCC(N[C@H](C)c2ccco2)CC1. The van der Waals surface area contributed by atoms with Gasteiger partial charge in [0.15, 0.2) is 0 Å². The van der Waals surface area contributed by atoms with Gasteiger partial charge in [-0.3, -0.25) is 0 Å². The first-order chi connectivity index (χ1) is 7.25. The van der Waals surface area contributed by atoms with E-state index in [1.807, 2.05) is 12.1 Å². The first kappa shape index (κ1) is 10.7. The van der Waals surface area contributed by atoms with Crippen molar-refractivity contribution < 1.29 is 4.42 Å². The van der Waals surface area contributed by atoms with Gasteiger partial charge >= 0.3 is 0 Å². The quantitative estimate of drug-likeness (QED) is 0.820. The Morgan fingerprint density at radius 3 is 2.67 bits per heavy atom. The van der Waals surface area contributed by atoms with Crippen LogP contribution >= 0.6 is 0 Å². The summed E-state index contributed by atoms with van der Waals surface area (Å²) in [6, 6.07) is 5.03. The third-order valence-corrected chi connectivity index (χ3v) is 3.47. The normalized spacial score (nSPS) is 28.9. The third-order valence-electron chi connectivity index (χ3n) is 3.47. The second-order valence-electron chi connectivity index (χ2n) is 4.86. The number of hydrogen-bond acceptors (Lipinski definition) is 2. The van der Waals surface area contributed by atoms with Gasteiger partial charge in [0.1, 0.15) is 5.76 Å². The Kier molecular flexibility index (Phi) is 3.47. The lowest BCUT2D eigenvalue weighted by molar-refractivity contribution is 0.280. The van der Waals surface area contributed by atoms with E-state index in [0.717, 1.165) is 11.7 Å². The Morgan fingerprint density at radius 2 is 2.07 bits per heavy atom. The van der Waals surface area contributed by atoms with Gasteiger partial charge in [-0.15, -0.1) is 0 Å². The molecule has 0 saturated heterocycles. The Labute approximate surface area is 92.1 Å². The molecule has 0 aromatic carbocycles. The van der Waals surface area contributed by atoms with Crippen LogP contribution in [0.25, 0.3) is 0 Å². The van der Waals surface area contributed by atoms with Crippen molar-refractivity contribution in [3.63, 3.8) is 0 Å². The van der Waals surface area contributed by atoms with Crippen LogP contribution in [0.1, 0.15) is 51.3 Å². The van der Waals surface area contributed by atoms with Crippen LogP contribution in [0.4, 0.5) is 0 Å². The van der Waals surface area contributed by atoms with Crippen molar-refractivity contribution >= 4 is 0 Å². The lowest BCUT2D eigenvalue weighted by Crippen LogP contribution is -2.34. The predicted octanol–water partition coefficient (Wildman–Crippen LogP) is 3.51. The molecule has 2 nitrogen and oxygen atoms in total. The predicted molar refractivity (Wildman–Crippen MR) is 61.7 cm³/mol. The lowest BCUT2D eigenvalue weighted by atomic mass is 9.87. The summed E-state index contributed by atoms with van der Waals surface area (Å²) in [7, 11) is 0. The van der Waals surface area contributed by atoms with Crippen LogP contribution in [-0.2, 0) is 0 Å². The molecule has 1 heterocycles. The standard InChI is InChI=1S/C13H21NO/c1-10-5-7-12(8-6-10)14-11(2)13-4-3-9-15-13/h3-4,9-12,14H,5-8H2,1-2H3/t10?,11-,12?/m1/s1. The van der Waals surface area contributed by atoms with Crippen LogP contribution in [0.3, 0.4) is 0 Å². The second-order valence-corrected chi connectivity index (χ2v) is 4.86. The van der Waals surface area contributed by atoms with Crippen molar-refractivity contribution in [1.29, 1.82) is 0 Å². The lowest BCUT2D eigenvalue weighted by Gasteiger charge is -2.29. The molecule has 0 aliphatic heterocycles. The van der Waals surface area contributed by atoms with Gasteiger partial charge in [0, 0.05) is 6.04 Å². The highest BCUT2D eigenvalue weighted by atomic mass is 16.3. The number of furan rings is 1. The van der Waals surface area contributed by atoms with E-state index in [0.29, 0.717) is 12.1 Å². The molecule has 0 amide bonds. The van der Waals surface area contributed by atoms with Gasteiger partial charge in [-0.2, -0.15) is 0 Å². The topological polar surface area (TPSA) is 25.2 Å². The molecule has 0 spiro atoms. The van der Waals surface area contributed by atoms with Gasteiger partial charge in [-0.1, -0.05) is 6.92 Å². The molecule has 1 saturated carbocycles. The summed E-state index contributed by atoms with van der Waals surface area (Å²) in [4.78, 5) is 0. The zero-order valence-corrected chi connectivity index (χ0v) is 9.70. The molecule has 1 aromatic rings. The fraction of sp³-hybridized carbons (Fsp3) is 0.692. The largest absolute Gasteiger partial charge is 0.468 e. The van der Waals surface area contributed by atoms with Crippen molar-refractivity contribution in [3.05, 3.63) is 24.2 Å². The van der Waals surface area contributed by atoms with Gasteiger partial charge in [0.05, 0.1) is 12.3 Å². The summed E-state index contributed by atoms with van der Waals surface area (Å²) in [5, 5.41) is 3.65. The maximum absolute atomic E-state index is 5.40.